The average Bonchev–Trinajstić information content (AvgIpc) is 3.48. The molecule has 6 nitrogen and oxygen atoms in total. The van der Waals surface area contributed by atoms with Gasteiger partial charge in [-0.15, -0.1) is 0 Å². The number of allylic oxidation sites excluding steroid dienone is 3. The summed E-state index contributed by atoms with van der Waals surface area (Å²) in [5.74, 6) is -0.0509. The van der Waals surface area contributed by atoms with Gasteiger partial charge in [0.15, 0.2) is 0 Å². The SMILES string of the molecule is CCCCCCCC/C=C\CCCCCCCC(=O)OCCCCCCCCCCCCCCCCCCCCCCCCCCCCC(=O)NC(CO)C(O)/C=C/CCCCCCCCCCCCCCCCCCCCCCCC. The molecular formula is C76H147NO5. The van der Waals surface area contributed by atoms with Gasteiger partial charge in [-0.2, -0.15) is 0 Å². The molecule has 0 aromatic rings. The maximum atomic E-state index is 12.5. The van der Waals surface area contributed by atoms with Crippen LogP contribution in [0.5, 0.6) is 0 Å². The smallest absolute Gasteiger partial charge is 0.305 e. The summed E-state index contributed by atoms with van der Waals surface area (Å²) in [5.41, 5.74) is 0. The Kier molecular flexibility index (Phi) is 70.4. The van der Waals surface area contributed by atoms with Crippen molar-refractivity contribution >= 4 is 11.9 Å². The van der Waals surface area contributed by atoms with Gasteiger partial charge in [0.05, 0.1) is 25.4 Å². The van der Waals surface area contributed by atoms with E-state index in [0.717, 1.165) is 44.9 Å². The zero-order valence-corrected chi connectivity index (χ0v) is 55.8. The maximum Gasteiger partial charge on any atom is 0.305 e. The fourth-order valence-corrected chi connectivity index (χ4v) is 12.0. The molecule has 0 saturated heterocycles. The Bertz CT molecular complexity index is 1280. The van der Waals surface area contributed by atoms with Crippen molar-refractivity contribution in [3.05, 3.63) is 24.3 Å². The predicted molar refractivity (Wildman–Crippen MR) is 361 cm³/mol. The van der Waals surface area contributed by atoms with Crippen molar-refractivity contribution < 1.29 is 24.5 Å². The number of hydrogen-bond acceptors (Lipinski definition) is 5. The molecular weight excluding hydrogens is 1010 g/mol. The molecule has 0 aromatic carbocycles. The first-order valence-corrected chi connectivity index (χ1v) is 37.6. The van der Waals surface area contributed by atoms with E-state index in [2.05, 4.69) is 31.3 Å². The molecule has 0 spiro atoms. The Balaban J connectivity index is 3.38. The van der Waals surface area contributed by atoms with E-state index in [1.165, 1.54) is 353 Å². The quantitative estimate of drug-likeness (QED) is 0.0320. The molecule has 0 fully saturated rings. The summed E-state index contributed by atoms with van der Waals surface area (Å²) in [6.45, 7) is 4.94. The number of esters is 1. The second-order valence-corrected chi connectivity index (χ2v) is 26.0. The van der Waals surface area contributed by atoms with Crippen molar-refractivity contribution in [1.29, 1.82) is 0 Å². The van der Waals surface area contributed by atoms with Crippen LogP contribution in [0.2, 0.25) is 0 Å². The fraction of sp³-hybridized carbons (Fsp3) is 0.921. The lowest BCUT2D eigenvalue weighted by molar-refractivity contribution is -0.143. The van der Waals surface area contributed by atoms with Gasteiger partial charge in [-0.3, -0.25) is 9.59 Å². The molecule has 0 aliphatic rings. The van der Waals surface area contributed by atoms with Gasteiger partial charge < -0.3 is 20.3 Å². The third kappa shape index (κ3) is 67.5. The highest BCUT2D eigenvalue weighted by molar-refractivity contribution is 5.76. The number of carbonyl (C=O) groups excluding carboxylic acids is 2. The van der Waals surface area contributed by atoms with Crippen LogP contribution >= 0.6 is 0 Å². The Hall–Kier alpha value is -1.66. The molecule has 1 amide bonds. The first kappa shape index (κ1) is 80.3. The van der Waals surface area contributed by atoms with Crippen LogP contribution in [-0.4, -0.2) is 47.4 Å². The number of ether oxygens (including phenoxy) is 1. The number of hydrogen-bond donors (Lipinski definition) is 3. The van der Waals surface area contributed by atoms with Gasteiger partial charge in [0, 0.05) is 12.8 Å². The molecule has 0 heterocycles. The zero-order chi connectivity index (χ0) is 59.2. The number of unbranched alkanes of at least 4 members (excludes halogenated alkanes) is 58. The van der Waals surface area contributed by atoms with Gasteiger partial charge in [0.25, 0.3) is 0 Å². The van der Waals surface area contributed by atoms with Crippen molar-refractivity contribution in [1.82, 2.24) is 5.32 Å². The summed E-state index contributed by atoms with van der Waals surface area (Å²) in [5, 5.41) is 23.3. The van der Waals surface area contributed by atoms with Gasteiger partial charge in [-0.1, -0.05) is 378 Å². The van der Waals surface area contributed by atoms with E-state index in [1.807, 2.05) is 6.08 Å². The zero-order valence-electron chi connectivity index (χ0n) is 55.8. The third-order valence-corrected chi connectivity index (χ3v) is 17.7. The van der Waals surface area contributed by atoms with Crippen molar-refractivity contribution in [2.45, 2.75) is 437 Å². The molecule has 0 bridgehead atoms. The van der Waals surface area contributed by atoms with Crippen molar-refractivity contribution in [3.8, 4) is 0 Å². The number of rotatable bonds is 71. The summed E-state index contributed by atoms with van der Waals surface area (Å²) in [7, 11) is 0. The molecule has 0 radical (unpaired) electrons. The molecule has 3 N–H and O–H groups in total. The molecule has 82 heavy (non-hydrogen) atoms. The highest BCUT2D eigenvalue weighted by Gasteiger charge is 2.18. The normalized spacial score (nSPS) is 12.6. The summed E-state index contributed by atoms with van der Waals surface area (Å²) >= 11 is 0. The summed E-state index contributed by atoms with van der Waals surface area (Å²) < 4.78 is 5.49. The number of nitrogens with one attached hydrogen (secondary N) is 1. The first-order chi connectivity index (χ1) is 40.5. The highest BCUT2D eigenvalue weighted by Crippen LogP contribution is 2.19. The lowest BCUT2D eigenvalue weighted by Crippen LogP contribution is -2.45. The van der Waals surface area contributed by atoms with E-state index < -0.39 is 12.1 Å². The van der Waals surface area contributed by atoms with Crippen LogP contribution in [-0.2, 0) is 14.3 Å². The molecule has 0 rings (SSSR count). The minimum atomic E-state index is -0.844. The summed E-state index contributed by atoms with van der Waals surface area (Å²) in [4.78, 5) is 24.6. The maximum absolute atomic E-state index is 12.5. The van der Waals surface area contributed by atoms with Crippen LogP contribution in [0.3, 0.4) is 0 Å². The van der Waals surface area contributed by atoms with Crippen molar-refractivity contribution in [2.24, 2.45) is 0 Å². The van der Waals surface area contributed by atoms with Gasteiger partial charge in [-0.25, -0.2) is 0 Å². The van der Waals surface area contributed by atoms with E-state index in [-0.39, 0.29) is 18.5 Å². The number of aliphatic hydroxyl groups excluding tert-OH is 2. The molecule has 6 heteroatoms. The molecule has 0 aliphatic carbocycles. The predicted octanol–water partition coefficient (Wildman–Crippen LogP) is 24.5. The Morgan fingerprint density at radius 2 is 0.573 bits per heavy atom. The fourth-order valence-electron chi connectivity index (χ4n) is 12.0. The average molecular weight is 1160 g/mol. The standard InChI is InChI=1S/C76H147NO5/c1-3-5-7-9-11-13-15-17-19-20-21-22-23-28-31-34-37-41-44-48-52-56-60-64-68-74(79)73(72-78)77-75(80)69-65-61-57-53-49-45-42-38-35-32-29-26-24-25-27-30-33-36-39-43-47-51-55-59-63-67-71-82-76(81)70-66-62-58-54-50-46-40-18-16-14-12-10-8-6-4-2/h18,40,64,68,73-74,78-79H,3-17,19-39,41-63,65-67,69-72H2,1-2H3,(H,77,80)/b40-18-,68-64+. The minimum Gasteiger partial charge on any atom is -0.466 e. The third-order valence-electron chi connectivity index (χ3n) is 17.7. The van der Waals surface area contributed by atoms with Gasteiger partial charge in [0.2, 0.25) is 5.91 Å². The Morgan fingerprint density at radius 3 is 0.866 bits per heavy atom. The van der Waals surface area contributed by atoms with Gasteiger partial charge in [-0.05, 0) is 57.8 Å². The number of carbonyl (C=O) groups is 2. The van der Waals surface area contributed by atoms with Crippen molar-refractivity contribution in [2.75, 3.05) is 13.2 Å². The molecule has 2 atom stereocenters. The van der Waals surface area contributed by atoms with E-state index >= 15 is 0 Å². The van der Waals surface area contributed by atoms with Gasteiger partial charge >= 0.3 is 5.97 Å². The lowest BCUT2D eigenvalue weighted by Gasteiger charge is -2.20. The van der Waals surface area contributed by atoms with Crippen LogP contribution < -0.4 is 5.32 Å². The van der Waals surface area contributed by atoms with Crippen LogP contribution in [0, 0.1) is 0 Å². The topological polar surface area (TPSA) is 95.9 Å². The Morgan fingerprint density at radius 1 is 0.329 bits per heavy atom. The van der Waals surface area contributed by atoms with E-state index in [1.54, 1.807) is 6.08 Å². The van der Waals surface area contributed by atoms with E-state index in [0.29, 0.717) is 19.4 Å². The monoisotopic (exact) mass is 1150 g/mol. The second kappa shape index (κ2) is 71.8. The lowest BCUT2D eigenvalue weighted by atomic mass is 10.0. The first-order valence-electron chi connectivity index (χ1n) is 37.6. The number of aliphatic hydroxyl groups is 2. The second-order valence-electron chi connectivity index (χ2n) is 26.0. The molecule has 0 aromatic heterocycles. The van der Waals surface area contributed by atoms with Crippen LogP contribution in [0.15, 0.2) is 24.3 Å². The van der Waals surface area contributed by atoms with Crippen LogP contribution in [0.4, 0.5) is 0 Å². The molecule has 486 valence electrons. The van der Waals surface area contributed by atoms with Gasteiger partial charge in [0.1, 0.15) is 0 Å². The summed E-state index contributed by atoms with van der Waals surface area (Å²) in [6, 6.07) is -0.627. The largest absolute Gasteiger partial charge is 0.466 e. The summed E-state index contributed by atoms with van der Waals surface area (Å²) in [6.07, 6.45) is 91.3. The van der Waals surface area contributed by atoms with E-state index in [9.17, 15) is 19.8 Å². The van der Waals surface area contributed by atoms with Crippen LogP contribution in [0.1, 0.15) is 425 Å². The Labute approximate surface area is 513 Å². The van der Waals surface area contributed by atoms with Crippen molar-refractivity contribution in [3.63, 3.8) is 0 Å². The molecule has 2 unspecified atom stereocenters. The van der Waals surface area contributed by atoms with Crippen LogP contribution in [0.25, 0.3) is 0 Å². The number of amides is 1. The minimum absolute atomic E-state index is 0.00991. The highest BCUT2D eigenvalue weighted by atomic mass is 16.5. The molecule has 0 aliphatic heterocycles. The van der Waals surface area contributed by atoms with E-state index in [4.69, 9.17) is 4.74 Å². The molecule has 0 saturated carbocycles.